The summed E-state index contributed by atoms with van der Waals surface area (Å²) < 4.78 is 2.57. The fourth-order valence-corrected chi connectivity index (χ4v) is 12.1. The van der Waals surface area contributed by atoms with Gasteiger partial charge in [0, 0.05) is 49.9 Å². The van der Waals surface area contributed by atoms with E-state index in [1.807, 2.05) is 0 Å². The molecule has 0 spiro atoms. The van der Waals surface area contributed by atoms with E-state index in [9.17, 15) is 0 Å². The molecule has 0 aliphatic heterocycles. The second-order valence-corrected chi connectivity index (χ2v) is 20.6. The second-order valence-electron chi connectivity index (χ2n) is 20.6. The van der Waals surface area contributed by atoms with E-state index in [4.69, 9.17) is 9.97 Å². The minimum Gasteiger partial charge on any atom is -0.313 e. The molecule has 0 bridgehead atoms. The minimum absolute atomic E-state index is 0.0637. The highest BCUT2D eigenvalue weighted by Crippen LogP contribution is 2.52. The van der Waals surface area contributed by atoms with Crippen LogP contribution in [0.4, 0.5) is 0 Å². The molecular formula is C66H55N3. The van der Waals surface area contributed by atoms with Gasteiger partial charge >= 0.3 is 0 Å². The highest BCUT2D eigenvalue weighted by molar-refractivity contribution is 6.17. The highest BCUT2D eigenvalue weighted by atomic mass is 15.0. The monoisotopic (exact) mass is 889 g/mol. The molecule has 4 aliphatic rings. The molecule has 3 nitrogen and oxygen atoms in total. The number of fused-ring (bicyclic) bond motifs is 6. The molecule has 4 aliphatic carbocycles. The third-order valence-corrected chi connectivity index (χ3v) is 16.2. The van der Waals surface area contributed by atoms with Gasteiger partial charge in [-0.2, -0.15) is 0 Å². The van der Waals surface area contributed by atoms with Crippen molar-refractivity contribution in [3.63, 3.8) is 0 Å². The van der Waals surface area contributed by atoms with Gasteiger partial charge in [0.25, 0.3) is 0 Å². The molecule has 0 N–H and O–H groups in total. The minimum atomic E-state index is -0.245. The quantitative estimate of drug-likeness (QED) is 0.160. The SMILES string of the molecule is CC1=C(c2cc(-c3ccc4c(c3)c3cc(C5(C)C=CC=CC5)ccc3n4C3=CCC(C)(c4nc(-c5ccccc5)c5c(n4)-c4cccc6cccc-5c46)CC3)ccc2C)CC(c2ccccc2)C=C1. The number of hydrogen-bond acceptors (Lipinski definition) is 2. The molecule has 69 heavy (non-hydrogen) atoms. The van der Waals surface area contributed by atoms with Crippen LogP contribution in [0.2, 0.25) is 0 Å². The van der Waals surface area contributed by atoms with Gasteiger partial charge in [0.15, 0.2) is 0 Å². The molecule has 2 aromatic heterocycles. The summed E-state index contributed by atoms with van der Waals surface area (Å²) in [5, 5.41) is 5.13. The van der Waals surface area contributed by atoms with Gasteiger partial charge < -0.3 is 4.57 Å². The Labute approximate surface area is 405 Å². The van der Waals surface area contributed by atoms with E-state index < -0.39 is 0 Å². The number of aromatic nitrogens is 3. The van der Waals surface area contributed by atoms with Gasteiger partial charge in [-0.1, -0.05) is 178 Å². The predicted molar refractivity (Wildman–Crippen MR) is 290 cm³/mol. The van der Waals surface area contributed by atoms with Crippen LogP contribution in [0.15, 0.2) is 200 Å². The highest BCUT2D eigenvalue weighted by Gasteiger charge is 2.37. The first-order valence-corrected chi connectivity index (χ1v) is 24.9. The number of aryl methyl sites for hydroxylation is 1. The summed E-state index contributed by atoms with van der Waals surface area (Å²) in [4.78, 5) is 11.1. The lowest BCUT2D eigenvalue weighted by Gasteiger charge is -2.33. The van der Waals surface area contributed by atoms with E-state index in [0.29, 0.717) is 5.92 Å². The number of rotatable bonds is 7. The molecule has 3 atom stereocenters. The molecule has 13 rings (SSSR count). The third-order valence-electron chi connectivity index (χ3n) is 16.2. The van der Waals surface area contributed by atoms with Gasteiger partial charge in [-0.05, 0) is 137 Å². The number of benzene rings is 7. The van der Waals surface area contributed by atoms with E-state index in [-0.39, 0.29) is 10.8 Å². The average Bonchev–Trinajstić information content (AvgIpc) is 3.90. The lowest BCUT2D eigenvalue weighted by atomic mass is 9.76. The van der Waals surface area contributed by atoms with Crippen LogP contribution in [0.1, 0.15) is 86.9 Å². The van der Waals surface area contributed by atoms with Crippen LogP contribution in [0.3, 0.4) is 0 Å². The van der Waals surface area contributed by atoms with Crippen LogP contribution < -0.4 is 0 Å². The number of hydrogen-bond donors (Lipinski definition) is 0. The van der Waals surface area contributed by atoms with Gasteiger partial charge in [0.2, 0.25) is 0 Å². The van der Waals surface area contributed by atoms with Crippen LogP contribution in [-0.4, -0.2) is 14.5 Å². The summed E-state index contributed by atoms with van der Waals surface area (Å²) in [5.41, 5.74) is 21.1. The van der Waals surface area contributed by atoms with Crippen LogP contribution in [-0.2, 0) is 10.8 Å². The topological polar surface area (TPSA) is 30.7 Å². The molecule has 0 fully saturated rings. The van der Waals surface area contributed by atoms with Crippen molar-refractivity contribution in [2.45, 2.75) is 76.5 Å². The molecule has 0 saturated heterocycles. The van der Waals surface area contributed by atoms with Crippen molar-refractivity contribution in [2.75, 3.05) is 0 Å². The van der Waals surface area contributed by atoms with Crippen molar-refractivity contribution in [3.8, 4) is 44.8 Å². The van der Waals surface area contributed by atoms with Gasteiger partial charge in [0.05, 0.1) is 22.4 Å². The van der Waals surface area contributed by atoms with Crippen molar-refractivity contribution in [1.29, 1.82) is 0 Å². The first kappa shape index (κ1) is 41.6. The maximum Gasteiger partial charge on any atom is 0.135 e. The molecule has 334 valence electrons. The predicted octanol–water partition coefficient (Wildman–Crippen LogP) is 17.3. The molecular weight excluding hydrogens is 835 g/mol. The van der Waals surface area contributed by atoms with E-state index in [0.717, 1.165) is 60.4 Å². The molecule has 3 unspecified atom stereocenters. The van der Waals surface area contributed by atoms with Crippen LogP contribution >= 0.6 is 0 Å². The van der Waals surface area contributed by atoms with Gasteiger partial charge in [-0.25, -0.2) is 9.97 Å². The summed E-state index contributed by atoms with van der Waals surface area (Å²) in [6.45, 7) is 9.30. The molecule has 9 aromatic rings. The fourth-order valence-electron chi connectivity index (χ4n) is 12.1. The Morgan fingerprint density at radius 1 is 0.623 bits per heavy atom. The summed E-state index contributed by atoms with van der Waals surface area (Å²) in [6, 6.07) is 56.5. The van der Waals surface area contributed by atoms with Crippen LogP contribution in [0.25, 0.3) is 88.6 Å². The molecule has 0 radical (unpaired) electrons. The molecule has 7 aromatic carbocycles. The molecule has 2 heterocycles. The molecule has 3 heteroatoms. The zero-order valence-electron chi connectivity index (χ0n) is 39.9. The van der Waals surface area contributed by atoms with Crippen molar-refractivity contribution in [2.24, 2.45) is 0 Å². The Bertz CT molecular complexity index is 3740. The summed E-state index contributed by atoms with van der Waals surface area (Å²) >= 11 is 0. The Kier molecular flexibility index (Phi) is 9.63. The van der Waals surface area contributed by atoms with Gasteiger partial charge in [-0.15, -0.1) is 0 Å². The smallest absolute Gasteiger partial charge is 0.135 e. The molecule has 0 amide bonds. The molecule has 0 saturated carbocycles. The van der Waals surface area contributed by atoms with Crippen molar-refractivity contribution < 1.29 is 0 Å². The first-order valence-electron chi connectivity index (χ1n) is 24.9. The number of nitrogens with zero attached hydrogens (tertiary/aromatic N) is 3. The van der Waals surface area contributed by atoms with E-state index in [2.05, 4.69) is 226 Å². The lowest BCUT2D eigenvalue weighted by molar-refractivity contribution is 0.404. The zero-order valence-corrected chi connectivity index (χ0v) is 39.9. The van der Waals surface area contributed by atoms with Gasteiger partial charge in [0.1, 0.15) is 5.82 Å². The van der Waals surface area contributed by atoms with Crippen molar-refractivity contribution >= 4 is 43.8 Å². The fraction of sp³-hybridized carbons (Fsp3) is 0.182. The van der Waals surface area contributed by atoms with Crippen LogP contribution in [0.5, 0.6) is 0 Å². The van der Waals surface area contributed by atoms with E-state index in [1.54, 1.807) is 0 Å². The maximum atomic E-state index is 5.57. The third kappa shape index (κ3) is 6.77. The standard InChI is InChI=1S/C66H55N3/c1-42-24-26-47(44-16-8-5-9-17-44)38-54(42)55-39-48(27-25-43(55)2)49-28-30-58-56(40-49)57-41-50(65(3)34-12-7-13-35-65)29-31-59(57)69(58)51-32-36-66(4,37-33-51)64-67-62(46-18-10-6-11-19-46)61-52-22-14-20-45-21-15-23-53(60(45)52)63(61)68-64/h5-32,34,39-41,47H,33,35-38H2,1-4H3. The van der Waals surface area contributed by atoms with E-state index in [1.165, 1.54) is 93.9 Å². The largest absolute Gasteiger partial charge is 0.313 e. The van der Waals surface area contributed by atoms with E-state index >= 15 is 0 Å². The second kappa shape index (κ2) is 16.0. The Balaban J connectivity index is 0.911. The maximum absolute atomic E-state index is 5.57. The van der Waals surface area contributed by atoms with Crippen molar-refractivity contribution in [3.05, 3.63) is 228 Å². The first-order chi connectivity index (χ1) is 33.7. The van der Waals surface area contributed by atoms with Gasteiger partial charge in [-0.3, -0.25) is 0 Å². The Morgan fingerprint density at radius 3 is 2.12 bits per heavy atom. The summed E-state index contributed by atoms with van der Waals surface area (Å²) in [7, 11) is 0. The normalized spacial score (nSPS) is 20.6. The number of allylic oxidation sites excluding steroid dienone is 10. The zero-order chi connectivity index (χ0) is 46.4. The Hall–Kier alpha value is -7.62. The summed E-state index contributed by atoms with van der Waals surface area (Å²) in [6.07, 6.45) is 21.0. The average molecular weight is 890 g/mol. The van der Waals surface area contributed by atoms with Crippen molar-refractivity contribution in [1.82, 2.24) is 14.5 Å². The lowest BCUT2D eigenvalue weighted by Crippen LogP contribution is -2.28. The van der Waals surface area contributed by atoms with Crippen LogP contribution in [0, 0.1) is 6.92 Å². The summed E-state index contributed by atoms with van der Waals surface area (Å²) in [5.74, 6) is 1.30. The Morgan fingerprint density at radius 2 is 1.35 bits per heavy atom.